The SMILES string of the molecule is N#Cc1cc(C(O)C(O)CBr)cnc1N. The summed E-state index contributed by atoms with van der Waals surface area (Å²) in [5.41, 5.74) is 5.98. The van der Waals surface area contributed by atoms with Gasteiger partial charge in [-0.15, -0.1) is 0 Å². The van der Waals surface area contributed by atoms with Crippen LogP contribution in [0.3, 0.4) is 0 Å². The Bertz CT molecular complexity index is 391. The number of aromatic nitrogens is 1. The number of aliphatic hydroxyl groups excluding tert-OH is 2. The minimum atomic E-state index is -1.08. The van der Waals surface area contributed by atoms with Crippen molar-refractivity contribution in [3.63, 3.8) is 0 Å². The van der Waals surface area contributed by atoms with Gasteiger partial charge in [-0.05, 0) is 6.07 Å². The Morgan fingerprint density at radius 3 is 2.80 bits per heavy atom. The van der Waals surface area contributed by atoms with Gasteiger partial charge < -0.3 is 15.9 Å². The largest absolute Gasteiger partial charge is 0.389 e. The van der Waals surface area contributed by atoms with Crippen LogP contribution in [0.15, 0.2) is 12.3 Å². The molecule has 4 N–H and O–H groups in total. The molecule has 1 heterocycles. The highest BCUT2D eigenvalue weighted by Gasteiger charge is 2.18. The Morgan fingerprint density at radius 1 is 1.60 bits per heavy atom. The van der Waals surface area contributed by atoms with Gasteiger partial charge in [0.05, 0.1) is 11.7 Å². The fraction of sp³-hybridized carbons (Fsp3) is 0.333. The molecule has 0 bridgehead atoms. The summed E-state index contributed by atoms with van der Waals surface area (Å²) in [4.78, 5) is 3.76. The minimum Gasteiger partial charge on any atom is -0.389 e. The van der Waals surface area contributed by atoms with E-state index in [4.69, 9.17) is 11.0 Å². The van der Waals surface area contributed by atoms with Crippen LogP contribution in [0.4, 0.5) is 5.82 Å². The number of aliphatic hydroxyl groups is 2. The fourth-order valence-electron chi connectivity index (χ4n) is 1.05. The predicted octanol–water partition coefficient (Wildman–Crippen LogP) is 0.325. The number of hydrogen-bond acceptors (Lipinski definition) is 5. The lowest BCUT2D eigenvalue weighted by Crippen LogP contribution is -2.19. The van der Waals surface area contributed by atoms with Crippen molar-refractivity contribution in [3.8, 4) is 6.07 Å². The smallest absolute Gasteiger partial charge is 0.141 e. The number of nitriles is 1. The summed E-state index contributed by atoms with van der Waals surface area (Å²) in [7, 11) is 0. The highest BCUT2D eigenvalue weighted by Crippen LogP contribution is 2.20. The van der Waals surface area contributed by atoms with E-state index in [1.54, 1.807) is 0 Å². The number of nitrogens with two attached hydrogens (primary N) is 1. The van der Waals surface area contributed by atoms with Crippen LogP contribution in [-0.4, -0.2) is 26.6 Å². The van der Waals surface area contributed by atoms with E-state index in [9.17, 15) is 10.2 Å². The quantitative estimate of drug-likeness (QED) is 0.688. The van der Waals surface area contributed by atoms with Crippen LogP contribution in [0, 0.1) is 11.3 Å². The van der Waals surface area contributed by atoms with E-state index in [0.717, 1.165) is 0 Å². The van der Waals surface area contributed by atoms with Gasteiger partial charge in [-0.1, -0.05) is 15.9 Å². The molecule has 0 spiro atoms. The van der Waals surface area contributed by atoms with Gasteiger partial charge in [0.2, 0.25) is 0 Å². The van der Waals surface area contributed by atoms with Crippen molar-refractivity contribution < 1.29 is 10.2 Å². The summed E-state index contributed by atoms with van der Waals surface area (Å²) in [6.45, 7) is 0. The van der Waals surface area contributed by atoms with Crippen LogP contribution in [0.2, 0.25) is 0 Å². The standard InChI is InChI=1S/C9H10BrN3O2/c10-2-7(14)8(15)6-1-5(3-11)9(12)13-4-6/h1,4,7-8,14-15H,2H2,(H2,12,13). The Kier molecular flexibility index (Phi) is 4.03. The fourth-order valence-corrected chi connectivity index (χ4v) is 1.40. The first-order chi connectivity index (χ1) is 7.10. The number of nitrogen functional groups attached to an aromatic ring is 1. The van der Waals surface area contributed by atoms with Gasteiger partial charge >= 0.3 is 0 Å². The summed E-state index contributed by atoms with van der Waals surface area (Å²) in [6, 6.07) is 3.27. The van der Waals surface area contributed by atoms with Gasteiger partial charge in [0.25, 0.3) is 0 Å². The zero-order chi connectivity index (χ0) is 11.4. The molecule has 0 aromatic carbocycles. The van der Waals surface area contributed by atoms with Gasteiger partial charge in [-0.25, -0.2) is 4.98 Å². The average molecular weight is 272 g/mol. The van der Waals surface area contributed by atoms with Gasteiger partial charge in [-0.3, -0.25) is 0 Å². The Hall–Kier alpha value is -1.16. The second-order valence-corrected chi connectivity index (χ2v) is 3.63. The molecule has 0 fully saturated rings. The van der Waals surface area contributed by atoms with E-state index in [-0.39, 0.29) is 16.7 Å². The molecule has 0 radical (unpaired) electrons. The molecule has 6 heteroatoms. The monoisotopic (exact) mass is 271 g/mol. The van der Waals surface area contributed by atoms with E-state index in [2.05, 4.69) is 20.9 Å². The number of halogens is 1. The molecule has 2 atom stereocenters. The highest BCUT2D eigenvalue weighted by atomic mass is 79.9. The lowest BCUT2D eigenvalue weighted by Gasteiger charge is -2.15. The number of alkyl halides is 1. The number of pyridine rings is 1. The Morgan fingerprint density at radius 2 is 2.27 bits per heavy atom. The third-order valence-corrected chi connectivity index (χ3v) is 2.59. The van der Waals surface area contributed by atoms with Crippen LogP contribution in [0.25, 0.3) is 0 Å². The van der Waals surface area contributed by atoms with Crippen molar-refractivity contribution >= 4 is 21.7 Å². The Labute approximate surface area is 95.3 Å². The number of hydrogen-bond donors (Lipinski definition) is 3. The molecule has 1 rings (SSSR count). The van der Waals surface area contributed by atoms with Crippen molar-refractivity contribution in [1.82, 2.24) is 4.98 Å². The van der Waals surface area contributed by atoms with Crippen molar-refractivity contribution in [3.05, 3.63) is 23.4 Å². The number of rotatable bonds is 3. The minimum absolute atomic E-state index is 0.113. The van der Waals surface area contributed by atoms with E-state index in [0.29, 0.717) is 5.56 Å². The third kappa shape index (κ3) is 2.65. The van der Waals surface area contributed by atoms with Crippen molar-refractivity contribution in [2.45, 2.75) is 12.2 Å². The molecule has 15 heavy (non-hydrogen) atoms. The third-order valence-electron chi connectivity index (χ3n) is 1.92. The van der Waals surface area contributed by atoms with Gasteiger partial charge in [0, 0.05) is 17.1 Å². The summed E-state index contributed by atoms with van der Waals surface area (Å²) in [5, 5.41) is 27.9. The topological polar surface area (TPSA) is 103 Å². The maximum atomic E-state index is 9.63. The molecular weight excluding hydrogens is 262 g/mol. The molecule has 0 saturated heterocycles. The lowest BCUT2D eigenvalue weighted by molar-refractivity contribution is 0.0340. The molecule has 5 nitrogen and oxygen atoms in total. The Balaban J connectivity index is 3.02. The lowest BCUT2D eigenvalue weighted by atomic mass is 10.1. The van der Waals surface area contributed by atoms with E-state index in [1.165, 1.54) is 12.3 Å². The van der Waals surface area contributed by atoms with Crippen molar-refractivity contribution in [2.24, 2.45) is 0 Å². The number of anilines is 1. The maximum absolute atomic E-state index is 9.63. The van der Waals surface area contributed by atoms with E-state index >= 15 is 0 Å². The average Bonchev–Trinajstić information content (AvgIpc) is 2.27. The molecule has 0 aliphatic rings. The zero-order valence-corrected chi connectivity index (χ0v) is 9.35. The molecule has 0 saturated carbocycles. The second kappa shape index (κ2) is 5.07. The van der Waals surface area contributed by atoms with Crippen molar-refractivity contribution in [2.75, 3.05) is 11.1 Å². The first-order valence-electron chi connectivity index (χ1n) is 4.17. The van der Waals surface area contributed by atoms with Gasteiger partial charge in [0.1, 0.15) is 18.0 Å². The van der Waals surface area contributed by atoms with E-state index in [1.807, 2.05) is 6.07 Å². The van der Waals surface area contributed by atoms with Crippen molar-refractivity contribution in [1.29, 1.82) is 5.26 Å². The molecule has 0 amide bonds. The van der Waals surface area contributed by atoms with Gasteiger partial charge in [-0.2, -0.15) is 5.26 Å². The molecule has 80 valence electrons. The van der Waals surface area contributed by atoms with Crippen LogP contribution < -0.4 is 5.73 Å². The van der Waals surface area contributed by atoms with Crippen LogP contribution in [0.1, 0.15) is 17.2 Å². The molecule has 1 aromatic rings. The summed E-state index contributed by atoms with van der Waals surface area (Å²) < 4.78 is 0. The molecule has 0 aliphatic heterocycles. The van der Waals surface area contributed by atoms with Gasteiger partial charge in [0.15, 0.2) is 0 Å². The maximum Gasteiger partial charge on any atom is 0.141 e. The van der Waals surface area contributed by atoms with Crippen LogP contribution >= 0.6 is 15.9 Å². The predicted molar refractivity (Wildman–Crippen MR) is 58.1 cm³/mol. The zero-order valence-electron chi connectivity index (χ0n) is 7.76. The first kappa shape index (κ1) is 11.9. The first-order valence-corrected chi connectivity index (χ1v) is 5.30. The van der Waals surface area contributed by atoms with E-state index < -0.39 is 12.2 Å². The number of nitrogens with zero attached hydrogens (tertiary/aromatic N) is 2. The summed E-state index contributed by atoms with van der Waals surface area (Å²) in [5.74, 6) is 0.113. The molecule has 0 aliphatic carbocycles. The second-order valence-electron chi connectivity index (χ2n) is 2.98. The summed E-state index contributed by atoms with van der Waals surface area (Å²) >= 11 is 3.04. The summed E-state index contributed by atoms with van der Waals surface area (Å²) in [6.07, 6.45) is -0.682. The van der Waals surface area contributed by atoms with Crippen LogP contribution in [-0.2, 0) is 0 Å². The molecule has 2 unspecified atom stereocenters. The molecular formula is C9H10BrN3O2. The highest BCUT2D eigenvalue weighted by molar-refractivity contribution is 9.09. The van der Waals surface area contributed by atoms with Crippen LogP contribution in [0.5, 0.6) is 0 Å². The normalized spacial score (nSPS) is 14.3. The molecule has 1 aromatic heterocycles.